The molecule has 3 rings (SSSR count). The Hall–Kier alpha value is -8.78. The number of carboxylic acids is 4. The average molecular weight is 1300 g/mol. The van der Waals surface area contributed by atoms with E-state index in [1.54, 1.807) is 26.0 Å². The Labute approximate surface area is 532 Å². The summed E-state index contributed by atoms with van der Waals surface area (Å²) in [4.78, 5) is 218. The highest BCUT2D eigenvalue weighted by Gasteiger charge is 2.45. The van der Waals surface area contributed by atoms with E-state index in [1.807, 2.05) is 10.6 Å². The fraction of sp³-hybridized carbons (Fsp3) is 0.695. The fourth-order valence-electron chi connectivity index (χ4n) is 10.6. The number of fused-ring (bicyclic) bond motifs is 2. The summed E-state index contributed by atoms with van der Waals surface area (Å²) in [6, 6.07) is -18.5. The van der Waals surface area contributed by atoms with Gasteiger partial charge in [-0.1, -0.05) is 72.0 Å². The van der Waals surface area contributed by atoms with Crippen LogP contribution in [-0.2, 0) is 76.7 Å². The molecule has 3 aliphatic heterocycles. The van der Waals surface area contributed by atoms with Crippen LogP contribution < -0.4 is 58.9 Å². The normalized spacial score (nSPS) is 25.2. The molecule has 0 radical (unpaired) electrons. The number of allylic oxidation sites excluding steroid dienone is 1. The van der Waals surface area contributed by atoms with Gasteiger partial charge in [-0.25, -0.2) is 0 Å². The third kappa shape index (κ3) is 25.5. The first-order valence-electron chi connectivity index (χ1n) is 31.1. The van der Waals surface area contributed by atoms with Crippen LogP contribution in [0.5, 0.6) is 0 Å². The second-order valence-electron chi connectivity index (χ2n) is 24.2. The van der Waals surface area contributed by atoms with Crippen molar-refractivity contribution in [2.24, 2.45) is 23.5 Å². The molecular weight excluding hydrogens is 1210 g/mol. The zero-order valence-corrected chi connectivity index (χ0v) is 53.2. The van der Waals surface area contributed by atoms with Gasteiger partial charge in [0.15, 0.2) is 0 Å². The Balaban J connectivity index is 2.16. The van der Waals surface area contributed by atoms with Crippen molar-refractivity contribution < 1.29 is 97.1 Å². The first-order chi connectivity index (χ1) is 43.2. The smallest absolute Gasteiger partial charge is 0.308 e. The van der Waals surface area contributed by atoms with E-state index in [1.165, 1.54) is 13.8 Å². The van der Waals surface area contributed by atoms with Crippen LogP contribution in [0.3, 0.4) is 0 Å². The lowest BCUT2D eigenvalue weighted by Crippen LogP contribution is -2.66. The SMILES string of the molecule is CC(C)CCCCCCC/C=C/CC(=O)NC(CC(=O)O)C(=O)NC1C(=O)N2CCCCC2C(=O)NC(C(C)C(=O)O)C(=O)NC(CC(=O)O)C(=O)NCC(=O)NC(CC(=O)O)C(=O)NCC(=O)NC(C(C)N)C(=O)NC(C(C)C)C(=O)N2CCCC2C(=O)NC1C. The first-order valence-corrected chi connectivity index (χ1v) is 31.1. The number of hydrogen-bond donors (Lipinski definition) is 15. The number of rotatable bonds is 23. The van der Waals surface area contributed by atoms with Crippen molar-refractivity contribution in [3.05, 3.63) is 12.2 Å². The molecule has 0 bridgehead atoms. The van der Waals surface area contributed by atoms with Crippen LogP contribution in [0.25, 0.3) is 0 Å². The Morgan fingerprint density at radius 2 is 1.10 bits per heavy atom. The monoisotopic (exact) mass is 1300 g/mol. The van der Waals surface area contributed by atoms with Gasteiger partial charge >= 0.3 is 23.9 Å². The molecule has 33 heteroatoms. The van der Waals surface area contributed by atoms with Gasteiger partial charge in [-0.3, -0.25) is 76.7 Å². The van der Waals surface area contributed by atoms with Crippen molar-refractivity contribution in [1.82, 2.24) is 63.0 Å². The molecule has 0 spiro atoms. The number of amides is 12. The number of piperidine rings is 1. The van der Waals surface area contributed by atoms with Crippen molar-refractivity contribution in [2.45, 2.75) is 218 Å². The molecule has 0 aromatic heterocycles. The van der Waals surface area contributed by atoms with Gasteiger partial charge in [0, 0.05) is 25.6 Å². The zero-order chi connectivity index (χ0) is 69.1. The summed E-state index contributed by atoms with van der Waals surface area (Å²) in [5.74, 6) is -21.9. The summed E-state index contributed by atoms with van der Waals surface area (Å²) in [7, 11) is 0. The summed E-state index contributed by atoms with van der Waals surface area (Å²) in [6.07, 6.45) is 7.21. The van der Waals surface area contributed by atoms with Crippen LogP contribution >= 0.6 is 0 Å². The number of hydrogen-bond acceptors (Lipinski definition) is 17. The van der Waals surface area contributed by atoms with E-state index < -0.39 is 205 Å². The second-order valence-corrected chi connectivity index (χ2v) is 24.2. The maximum Gasteiger partial charge on any atom is 0.308 e. The number of carboxylic acid groups (broad SMARTS) is 4. The van der Waals surface area contributed by atoms with Crippen LogP contribution in [0.15, 0.2) is 12.2 Å². The zero-order valence-electron chi connectivity index (χ0n) is 53.2. The number of nitrogens with one attached hydrogen (secondary N) is 10. The molecule has 514 valence electrons. The van der Waals surface area contributed by atoms with Gasteiger partial charge in [0.25, 0.3) is 0 Å². The lowest BCUT2D eigenvalue weighted by molar-refractivity contribution is -0.150. The van der Waals surface area contributed by atoms with Crippen molar-refractivity contribution in [2.75, 3.05) is 26.2 Å². The number of nitrogens with two attached hydrogens (primary N) is 1. The second kappa shape index (κ2) is 38.2. The number of carbonyl (C=O) groups is 16. The minimum Gasteiger partial charge on any atom is -0.481 e. The minimum atomic E-state index is -2.15. The number of unbranched alkanes of at least 4 members (excludes halogenated alkanes) is 5. The average Bonchev–Trinajstić information content (AvgIpc) is 1.26. The molecule has 16 N–H and O–H groups in total. The quantitative estimate of drug-likeness (QED) is 0.0358. The predicted molar refractivity (Wildman–Crippen MR) is 324 cm³/mol. The van der Waals surface area contributed by atoms with E-state index in [-0.39, 0.29) is 51.6 Å². The molecule has 0 aromatic carbocycles. The molecule has 12 amide bonds. The highest BCUT2D eigenvalue weighted by Crippen LogP contribution is 2.24. The van der Waals surface area contributed by atoms with Gasteiger partial charge in [0.05, 0.1) is 44.3 Å². The van der Waals surface area contributed by atoms with Gasteiger partial charge < -0.3 is 89.1 Å². The topological polar surface area (TPSA) is 507 Å². The summed E-state index contributed by atoms with van der Waals surface area (Å²) >= 11 is 0. The number of aliphatic carboxylic acids is 4. The lowest BCUT2D eigenvalue weighted by atomic mass is 9.96. The van der Waals surface area contributed by atoms with Crippen molar-refractivity contribution in [3.63, 3.8) is 0 Å². The van der Waals surface area contributed by atoms with E-state index >= 15 is 4.79 Å². The van der Waals surface area contributed by atoms with Crippen LogP contribution in [0.2, 0.25) is 0 Å². The predicted octanol–water partition coefficient (Wildman–Crippen LogP) is -3.02. The molecule has 3 heterocycles. The number of carbonyl (C=O) groups excluding carboxylic acids is 12. The van der Waals surface area contributed by atoms with Crippen LogP contribution in [0.4, 0.5) is 0 Å². The largest absolute Gasteiger partial charge is 0.481 e. The third-order valence-electron chi connectivity index (χ3n) is 15.7. The van der Waals surface area contributed by atoms with Crippen molar-refractivity contribution in [3.8, 4) is 0 Å². The summed E-state index contributed by atoms with van der Waals surface area (Å²) in [5, 5.41) is 62.3. The van der Waals surface area contributed by atoms with Gasteiger partial charge in [0.2, 0.25) is 70.9 Å². The lowest BCUT2D eigenvalue weighted by Gasteiger charge is -2.39. The maximum atomic E-state index is 15.2. The molecule has 33 nitrogen and oxygen atoms in total. The van der Waals surface area contributed by atoms with E-state index in [4.69, 9.17) is 5.73 Å². The fourth-order valence-corrected chi connectivity index (χ4v) is 10.6. The highest BCUT2D eigenvalue weighted by atomic mass is 16.4. The van der Waals surface area contributed by atoms with E-state index in [9.17, 15) is 92.3 Å². The highest BCUT2D eigenvalue weighted by molar-refractivity contribution is 6.01. The van der Waals surface area contributed by atoms with Crippen molar-refractivity contribution >= 4 is 94.8 Å². The molecule has 0 aliphatic carbocycles. The Morgan fingerprint density at radius 1 is 0.576 bits per heavy atom. The molecule has 3 saturated heterocycles. The molecule has 12 atom stereocenters. The summed E-state index contributed by atoms with van der Waals surface area (Å²) in [5.41, 5.74) is 6.11. The maximum absolute atomic E-state index is 15.2. The van der Waals surface area contributed by atoms with Crippen LogP contribution in [0.1, 0.15) is 151 Å². The molecule has 3 fully saturated rings. The van der Waals surface area contributed by atoms with E-state index in [0.29, 0.717) is 12.3 Å². The Bertz CT molecular complexity index is 2720. The van der Waals surface area contributed by atoms with Gasteiger partial charge in [-0.05, 0) is 77.6 Å². The molecule has 92 heavy (non-hydrogen) atoms. The molecule has 0 aromatic rings. The Morgan fingerprint density at radius 3 is 1.66 bits per heavy atom. The van der Waals surface area contributed by atoms with Gasteiger partial charge in [0.1, 0.15) is 54.4 Å². The molecule has 3 aliphatic rings. The standard InChI is InChI=1S/C59H93N13O20/c1-30(2)19-14-12-10-8-9-11-13-15-22-40(73)64-37(27-45(80)81)52(84)70-49-34(7)63-53(85)39-21-18-24-72(39)57(89)46(31(3)4)68-56(88)48(33(6)60)67-42(75)29-62-50(82)35(25-43(76)77)65-41(74)28-61-51(83)36(26-44(78)79)66-55(87)47(32(5)59(91)92)69-54(86)38-20-16-17-23-71(38)58(49)90/h13,15,30-39,46-49H,8-12,14,16-29,60H2,1-7H3,(H,61,83)(H,62,82)(H,63,85)(H,64,73)(H,65,74)(H,66,87)(H,67,75)(H,68,88)(H,69,86)(H,70,84)(H,76,77)(H,78,79)(H,80,81)(H,91,92)/b15-13+. The molecule has 12 unspecified atom stereocenters. The first kappa shape index (κ1) is 77.5. The summed E-state index contributed by atoms with van der Waals surface area (Å²) < 4.78 is 0. The van der Waals surface area contributed by atoms with Gasteiger partial charge in [-0.2, -0.15) is 0 Å². The van der Waals surface area contributed by atoms with E-state index in [0.717, 1.165) is 55.2 Å². The Kier molecular flexibility index (Phi) is 32.1. The summed E-state index contributed by atoms with van der Waals surface area (Å²) in [6.45, 7) is 8.70. The molecular formula is C59H93N13O20. The minimum absolute atomic E-state index is 0.0223. The number of nitrogens with zero attached hydrogens (tertiary/aromatic N) is 2. The van der Waals surface area contributed by atoms with Crippen LogP contribution in [0, 0.1) is 17.8 Å². The van der Waals surface area contributed by atoms with Gasteiger partial charge in [-0.15, -0.1) is 0 Å². The van der Waals surface area contributed by atoms with Crippen molar-refractivity contribution in [1.29, 1.82) is 0 Å². The van der Waals surface area contributed by atoms with E-state index in [2.05, 4.69) is 56.4 Å². The third-order valence-corrected chi connectivity index (χ3v) is 15.7. The van der Waals surface area contributed by atoms with Crippen LogP contribution in [-0.4, -0.2) is 218 Å². The molecule has 0 saturated carbocycles.